The molecule has 11 nitrogen and oxygen atoms in total. The standard InChI is InChI=1S/C51H94N6O5/c1-5-8-11-14-17-26-33-43-61-46(58)37-29-22-18-24-31-39-56(41-34-42-57-44-53-48-49(57)54-51(52-4)55-50(48)60)40-32-25-19-23-30-38-47(59)62-45(35-27-20-15-12-9-6-2)36-28-21-16-13-10-7-3/h44-45H,5-43H2,1-4H3,(H2,52,54,55,60). The largest absolute Gasteiger partial charge is 0.466 e. The molecule has 0 radical (unpaired) electrons. The van der Waals surface area contributed by atoms with Gasteiger partial charge in [-0.3, -0.25) is 19.4 Å². The van der Waals surface area contributed by atoms with Gasteiger partial charge in [0, 0.05) is 26.4 Å². The zero-order valence-corrected chi connectivity index (χ0v) is 40.6. The van der Waals surface area contributed by atoms with Crippen molar-refractivity contribution in [1.29, 1.82) is 0 Å². The first-order valence-corrected chi connectivity index (χ1v) is 26.1. The molecule has 0 atom stereocenters. The number of hydrogen-bond acceptors (Lipinski definition) is 9. The van der Waals surface area contributed by atoms with E-state index in [1.165, 1.54) is 109 Å². The van der Waals surface area contributed by atoms with Crippen LogP contribution >= 0.6 is 0 Å². The summed E-state index contributed by atoms with van der Waals surface area (Å²) in [7, 11) is 1.74. The van der Waals surface area contributed by atoms with Crippen LogP contribution < -0.4 is 10.9 Å². The quantitative estimate of drug-likeness (QED) is 0.0493. The molecule has 0 aliphatic heterocycles. The molecule has 0 fully saturated rings. The molecule has 2 rings (SSSR count). The summed E-state index contributed by atoms with van der Waals surface area (Å²) in [4.78, 5) is 51.8. The number of rotatable bonds is 44. The highest BCUT2D eigenvalue weighted by Crippen LogP contribution is 2.19. The van der Waals surface area contributed by atoms with Crippen molar-refractivity contribution in [2.45, 2.75) is 252 Å². The lowest BCUT2D eigenvalue weighted by molar-refractivity contribution is -0.150. The second-order valence-electron chi connectivity index (χ2n) is 18.1. The second kappa shape index (κ2) is 38.5. The zero-order chi connectivity index (χ0) is 44.7. The summed E-state index contributed by atoms with van der Waals surface area (Å²) in [6.07, 6.45) is 40.5. The Bertz CT molecular complexity index is 1410. The van der Waals surface area contributed by atoms with Crippen LogP contribution in [-0.2, 0) is 25.6 Å². The Hall–Kier alpha value is -2.95. The van der Waals surface area contributed by atoms with Crippen molar-refractivity contribution in [3.8, 4) is 0 Å². The molecule has 0 saturated heterocycles. The summed E-state index contributed by atoms with van der Waals surface area (Å²) in [6.45, 7) is 11.2. The highest BCUT2D eigenvalue weighted by atomic mass is 16.5. The first kappa shape index (κ1) is 55.2. The highest BCUT2D eigenvalue weighted by Gasteiger charge is 2.15. The molecule has 0 aliphatic carbocycles. The maximum absolute atomic E-state index is 12.9. The summed E-state index contributed by atoms with van der Waals surface area (Å²) in [5.74, 6) is 0.407. The number of aryl methyl sites for hydroxylation is 1. The smallest absolute Gasteiger partial charge is 0.306 e. The molecule has 0 bridgehead atoms. The average molecular weight is 871 g/mol. The Balaban J connectivity index is 1.72. The number of anilines is 1. The van der Waals surface area contributed by atoms with Crippen LogP contribution in [0.25, 0.3) is 11.2 Å². The van der Waals surface area contributed by atoms with Crippen molar-refractivity contribution in [2.75, 3.05) is 38.6 Å². The molecule has 0 unspecified atom stereocenters. The molecule has 2 aromatic heterocycles. The van der Waals surface area contributed by atoms with Gasteiger partial charge in [-0.25, -0.2) is 4.98 Å². The predicted octanol–water partition coefficient (Wildman–Crippen LogP) is 13.2. The normalized spacial score (nSPS) is 11.6. The second-order valence-corrected chi connectivity index (χ2v) is 18.1. The number of fused-ring (bicyclic) bond motifs is 1. The van der Waals surface area contributed by atoms with Crippen LogP contribution in [0.15, 0.2) is 11.1 Å². The van der Waals surface area contributed by atoms with E-state index in [9.17, 15) is 14.4 Å². The van der Waals surface area contributed by atoms with Crippen LogP contribution in [0.5, 0.6) is 0 Å². The molecule has 358 valence electrons. The predicted molar refractivity (Wildman–Crippen MR) is 259 cm³/mol. The summed E-state index contributed by atoms with van der Waals surface area (Å²) in [5, 5.41) is 2.93. The number of imidazole rings is 1. The Labute approximate surface area is 378 Å². The van der Waals surface area contributed by atoms with Gasteiger partial charge in [0.15, 0.2) is 11.2 Å². The maximum atomic E-state index is 12.9. The van der Waals surface area contributed by atoms with Gasteiger partial charge in [0.25, 0.3) is 5.56 Å². The number of H-pyrrole nitrogens is 1. The van der Waals surface area contributed by atoms with Crippen molar-refractivity contribution < 1.29 is 19.1 Å². The topological polar surface area (TPSA) is 131 Å². The van der Waals surface area contributed by atoms with E-state index < -0.39 is 0 Å². The summed E-state index contributed by atoms with van der Waals surface area (Å²) in [6, 6.07) is 0. The molecule has 0 saturated carbocycles. The van der Waals surface area contributed by atoms with E-state index in [1.807, 2.05) is 4.57 Å². The minimum Gasteiger partial charge on any atom is -0.466 e. The van der Waals surface area contributed by atoms with Crippen LogP contribution in [0.3, 0.4) is 0 Å². The van der Waals surface area contributed by atoms with Gasteiger partial charge in [-0.2, -0.15) is 4.98 Å². The van der Waals surface area contributed by atoms with Crippen LogP contribution in [0, 0.1) is 0 Å². The Morgan fingerprint density at radius 3 is 1.65 bits per heavy atom. The fraction of sp³-hybridized carbons (Fsp3) is 0.863. The molecule has 11 heteroatoms. The number of esters is 2. The van der Waals surface area contributed by atoms with Gasteiger partial charge in [0.1, 0.15) is 6.10 Å². The van der Waals surface area contributed by atoms with Gasteiger partial charge in [-0.1, -0.05) is 162 Å². The van der Waals surface area contributed by atoms with Crippen LogP contribution in [-0.4, -0.2) is 75.8 Å². The van der Waals surface area contributed by atoms with Crippen LogP contribution in [0.1, 0.15) is 239 Å². The fourth-order valence-corrected chi connectivity index (χ4v) is 8.44. The number of carbonyl (C=O) groups excluding carboxylic acids is 2. The molecule has 2 N–H and O–H groups in total. The van der Waals surface area contributed by atoms with Crippen molar-refractivity contribution >= 4 is 29.1 Å². The molecular weight excluding hydrogens is 777 g/mol. The molecule has 0 spiro atoms. The van der Waals surface area contributed by atoms with E-state index in [4.69, 9.17) is 9.47 Å². The number of carbonyl (C=O) groups is 2. The lowest BCUT2D eigenvalue weighted by Crippen LogP contribution is -2.28. The van der Waals surface area contributed by atoms with E-state index >= 15 is 0 Å². The summed E-state index contributed by atoms with van der Waals surface area (Å²) >= 11 is 0. The Morgan fingerprint density at radius 2 is 1.10 bits per heavy atom. The first-order chi connectivity index (χ1) is 30.4. The van der Waals surface area contributed by atoms with E-state index in [1.54, 1.807) is 13.4 Å². The molecular formula is C51H94N6O5. The van der Waals surface area contributed by atoms with E-state index in [0.717, 1.165) is 122 Å². The summed E-state index contributed by atoms with van der Waals surface area (Å²) in [5.41, 5.74) is 0.756. The number of ether oxygens (including phenoxy) is 2. The summed E-state index contributed by atoms with van der Waals surface area (Å²) < 4.78 is 13.5. The Morgan fingerprint density at radius 1 is 0.629 bits per heavy atom. The van der Waals surface area contributed by atoms with Crippen LogP contribution in [0.2, 0.25) is 0 Å². The van der Waals surface area contributed by atoms with Crippen molar-refractivity contribution in [3.63, 3.8) is 0 Å². The molecule has 0 amide bonds. The van der Waals surface area contributed by atoms with Crippen molar-refractivity contribution in [1.82, 2.24) is 24.4 Å². The molecule has 62 heavy (non-hydrogen) atoms. The number of hydrogen-bond donors (Lipinski definition) is 2. The van der Waals surface area contributed by atoms with Gasteiger partial charge in [-0.15, -0.1) is 0 Å². The molecule has 2 heterocycles. The molecule has 0 aromatic carbocycles. The van der Waals surface area contributed by atoms with Crippen molar-refractivity contribution in [3.05, 3.63) is 16.7 Å². The number of aromatic nitrogens is 4. The third-order valence-corrected chi connectivity index (χ3v) is 12.4. The van der Waals surface area contributed by atoms with Gasteiger partial charge < -0.3 is 24.3 Å². The maximum Gasteiger partial charge on any atom is 0.306 e. The minimum atomic E-state index is -0.229. The third-order valence-electron chi connectivity index (χ3n) is 12.4. The molecule has 2 aromatic rings. The van der Waals surface area contributed by atoms with Gasteiger partial charge >= 0.3 is 11.9 Å². The Kier molecular flexibility index (Phi) is 34.3. The average Bonchev–Trinajstić information content (AvgIpc) is 3.68. The van der Waals surface area contributed by atoms with Crippen molar-refractivity contribution in [2.24, 2.45) is 0 Å². The third kappa shape index (κ3) is 28.0. The minimum absolute atomic E-state index is 0.00420. The fourth-order valence-electron chi connectivity index (χ4n) is 8.44. The van der Waals surface area contributed by atoms with E-state index in [-0.39, 0.29) is 23.6 Å². The first-order valence-electron chi connectivity index (χ1n) is 26.1. The number of aromatic amines is 1. The zero-order valence-electron chi connectivity index (χ0n) is 40.6. The lowest BCUT2D eigenvalue weighted by atomic mass is 10.0. The van der Waals surface area contributed by atoms with Crippen LogP contribution in [0.4, 0.5) is 5.95 Å². The highest BCUT2D eigenvalue weighted by molar-refractivity contribution is 5.71. The SMILES string of the molecule is CCCCCCCCCOC(=O)CCCCCCCN(CCCCCCCC(=O)OC(CCCCCCCC)CCCCCCCC)CCCn1cnc2c(=O)[nH]c(NC)nc21. The number of nitrogens with zero attached hydrogens (tertiary/aromatic N) is 4. The monoisotopic (exact) mass is 871 g/mol. The molecule has 0 aliphatic rings. The number of unbranched alkanes of at least 4 members (excludes halogenated alkanes) is 24. The lowest BCUT2D eigenvalue weighted by Gasteiger charge is -2.22. The van der Waals surface area contributed by atoms with Gasteiger partial charge in [0.2, 0.25) is 5.95 Å². The van der Waals surface area contributed by atoms with Gasteiger partial charge in [0.05, 0.1) is 12.9 Å². The van der Waals surface area contributed by atoms with E-state index in [2.05, 4.69) is 45.9 Å². The number of nitrogens with one attached hydrogen (secondary N) is 2. The van der Waals surface area contributed by atoms with E-state index in [0.29, 0.717) is 36.6 Å². The van der Waals surface area contributed by atoms with Gasteiger partial charge in [-0.05, 0) is 83.8 Å².